The third-order valence-electron chi connectivity index (χ3n) is 4.66. The van der Waals surface area contributed by atoms with Gasteiger partial charge in [0.25, 0.3) is 0 Å². The Morgan fingerprint density at radius 3 is 2.52 bits per heavy atom. The monoisotopic (exact) mass is 430 g/mol. The summed E-state index contributed by atoms with van der Waals surface area (Å²) in [6.07, 6.45) is -3.54. The number of imidazole rings is 1. The normalized spacial score (nSPS) is 11.6. The van der Waals surface area contributed by atoms with E-state index in [9.17, 15) is 23.1 Å². The Morgan fingerprint density at radius 1 is 1.13 bits per heavy atom. The van der Waals surface area contributed by atoms with Crippen molar-refractivity contribution >= 4 is 16.7 Å². The van der Waals surface area contributed by atoms with Gasteiger partial charge in [-0.3, -0.25) is 4.57 Å². The molecule has 31 heavy (non-hydrogen) atoms. The molecule has 7 nitrogen and oxygen atoms in total. The van der Waals surface area contributed by atoms with E-state index in [1.165, 1.54) is 22.9 Å². The van der Waals surface area contributed by atoms with Crippen LogP contribution >= 0.6 is 0 Å². The first kappa shape index (κ1) is 20.3. The first-order valence-corrected chi connectivity index (χ1v) is 9.19. The molecule has 0 amide bonds. The molecule has 2 N–H and O–H groups in total. The highest BCUT2D eigenvalue weighted by Crippen LogP contribution is 2.25. The predicted octanol–water partition coefficient (Wildman–Crippen LogP) is 3.88. The van der Waals surface area contributed by atoms with Crippen LogP contribution in [-0.4, -0.2) is 32.6 Å². The summed E-state index contributed by atoms with van der Waals surface area (Å²) in [5.41, 5.74) is 1.21. The van der Waals surface area contributed by atoms with Crippen LogP contribution < -0.4 is 15.7 Å². The molecule has 0 aliphatic rings. The molecule has 0 spiro atoms. The quantitative estimate of drug-likeness (QED) is 0.502. The summed E-state index contributed by atoms with van der Waals surface area (Å²) in [6.45, 7) is 0.159. The molecule has 4 aromatic rings. The fourth-order valence-corrected chi connectivity index (χ4v) is 3.32. The van der Waals surface area contributed by atoms with Crippen molar-refractivity contribution in [2.45, 2.75) is 12.9 Å². The SMILES string of the molecule is CNc1cc(Cn2cc(O)n(-c3ccc(OC(F)(F)F)cc3)c2=O)c2ccccc2n1. The lowest BCUT2D eigenvalue weighted by atomic mass is 10.1. The third kappa shape index (κ3) is 4.18. The van der Waals surface area contributed by atoms with Crippen LogP contribution in [0.25, 0.3) is 16.6 Å². The Bertz CT molecular complexity index is 1290. The van der Waals surface area contributed by atoms with Crippen molar-refractivity contribution in [2.24, 2.45) is 0 Å². The number of rotatable bonds is 5. The molecule has 0 unspecified atom stereocenters. The Balaban J connectivity index is 1.70. The van der Waals surface area contributed by atoms with E-state index in [4.69, 9.17) is 0 Å². The van der Waals surface area contributed by atoms with Gasteiger partial charge in [0.05, 0.1) is 23.9 Å². The number of aromatic hydroxyl groups is 1. The van der Waals surface area contributed by atoms with Gasteiger partial charge in [-0.05, 0) is 42.0 Å². The lowest BCUT2D eigenvalue weighted by Gasteiger charge is -2.10. The van der Waals surface area contributed by atoms with Crippen molar-refractivity contribution in [1.82, 2.24) is 14.1 Å². The summed E-state index contributed by atoms with van der Waals surface area (Å²) in [7, 11) is 1.74. The van der Waals surface area contributed by atoms with Crippen LogP contribution in [-0.2, 0) is 6.54 Å². The molecule has 0 aliphatic carbocycles. The zero-order valence-electron chi connectivity index (χ0n) is 16.2. The maximum Gasteiger partial charge on any atom is 0.573 e. The lowest BCUT2D eigenvalue weighted by Crippen LogP contribution is -2.23. The number of hydrogen-bond donors (Lipinski definition) is 2. The van der Waals surface area contributed by atoms with Crippen LogP contribution in [0, 0.1) is 0 Å². The largest absolute Gasteiger partial charge is 0.573 e. The molecule has 0 saturated heterocycles. The van der Waals surface area contributed by atoms with Gasteiger partial charge in [-0.1, -0.05) is 18.2 Å². The van der Waals surface area contributed by atoms with Gasteiger partial charge in [-0.15, -0.1) is 13.2 Å². The first-order valence-electron chi connectivity index (χ1n) is 9.19. The van der Waals surface area contributed by atoms with Gasteiger partial charge < -0.3 is 15.2 Å². The number of nitrogens with zero attached hydrogens (tertiary/aromatic N) is 3. The molecule has 4 rings (SSSR count). The second-order valence-corrected chi connectivity index (χ2v) is 6.71. The highest BCUT2D eigenvalue weighted by Gasteiger charge is 2.31. The number of anilines is 1. The summed E-state index contributed by atoms with van der Waals surface area (Å²) in [5, 5.41) is 14.2. The van der Waals surface area contributed by atoms with E-state index in [0.717, 1.165) is 33.2 Å². The van der Waals surface area contributed by atoms with Crippen LogP contribution in [0.5, 0.6) is 11.6 Å². The molecule has 2 heterocycles. The number of halogens is 3. The molecule has 0 radical (unpaired) electrons. The summed E-state index contributed by atoms with van der Waals surface area (Å²) in [5.74, 6) is -0.140. The Hall–Kier alpha value is -3.95. The van der Waals surface area contributed by atoms with E-state index >= 15 is 0 Å². The molecule has 0 saturated carbocycles. The summed E-state index contributed by atoms with van der Waals surface area (Å²) in [4.78, 5) is 17.4. The van der Waals surface area contributed by atoms with Crippen LogP contribution in [0.2, 0.25) is 0 Å². The fourth-order valence-electron chi connectivity index (χ4n) is 3.32. The number of alkyl halides is 3. The zero-order chi connectivity index (χ0) is 22.2. The van der Waals surface area contributed by atoms with Gasteiger partial charge in [-0.25, -0.2) is 14.3 Å². The van der Waals surface area contributed by atoms with Gasteiger partial charge in [0.15, 0.2) is 0 Å². The maximum atomic E-state index is 12.9. The van der Waals surface area contributed by atoms with Crippen molar-refractivity contribution in [1.29, 1.82) is 0 Å². The molecule has 10 heteroatoms. The fraction of sp³-hybridized carbons (Fsp3) is 0.143. The minimum Gasteiger partial charge on any atom is -0.493 e. The van der Waals surface area contributed by atoms with Gasteiger partial charge >= 0.3 is 12.1 Å². The van der Waals surface area contributed by atoms with Gasteiger partial charge in [0, 0.05) is 12.4 Å². The summed E-state index contributed by atoms with van der Waals surface area (Å²) in [6, 6.07) is 13.9. The molecule has 0 bridgehead atoms. The Morgan fingerprint density at radius 2 is 1.84 bits per heavy atom. The van der Waals surface area contributed by atoms with Crippen molar-refractivity contribution in [3.05, 3.63) is 76.8 Å². The number of benzene rings is 2. The van der Waals surface area contributed by atoms with E-state index in [-0.39, 0.29) is 18.1 Å². The molecule has 0 fully saturated rings. The van der Waals surface area contributed by atoms with Crippen molar-refractivity contribution < 1.29 is 23.0 Å². The average Bonchev–Trinajstić information content (AvgIpc) is 3.00. The van der Waals surface area contributed by atoms with E-state index in [1.807, 2.05) is 30.3 Å². The number of hydrogen-bond acceptors (Lipinski definition) is 5. The smallest absolute Gasteiger partial charge is 0.493 e. The highest BCUT2D eigenvalue weighted by atomic mass is 19.4. The van der Waals surface area contributed by atoms with Crippen molar-refractivity contribution in [3.8, 4) is 17.3 Å². The van der Waals surface area contributed by atoms with Crippen molar-refractivity contribution in [2.75, 3.05) is 12.4 Å². The third-order valence-corrected chi connectivity index (χ3v) is 4.66. The number of pyridine rings is 1. The van der Waals surface area contributed by atoms with Gasteiger partial charge in [0.1, 0.15) is 11.6 Å². The Kier molecular flexibility index (Phi) is 5.05. The number of aromatic nitrogens is 3. The number of fused-ring (bicyclic) bond motifs is 1. The average molecular weight is 430 g/mol. The second kappa shape index (κ2) is 7.71. The van der Waals surface area contributed by atoms with E-state index in [0.29, 0.717) is 5.82 Å². The van der Waals surface area contributed by atoms with E-state index < -0.39 is 17.8 Å². The topological polar surface area (TPSA) is 81.3 Å². The molecule has 2 aromatic carbocycles. The lowest BCUT2D eigenvalue weighted by molar-refractivity contribution is -0.274. The van der Waals surface area contributed by atoms with E-state index in [1.54, 1.807) is 7.05 Å². The maximum absolute atomic E-state index is 12.9. The van der Waals surface area contributed by atoms with Gasteiger partial charge in [-0.2, -0.15) is 0 Å². The number of nitrogens with one attached hydrogen (secondary N) is 1. The summed E-state index contributed by atoms with van der Waals surface area (Å²) < 4.78 is 43.2. The van der Waals surface area contributed by atoms with E-state index in [2.05, 4.69) is 15.0 Å². The van der Waals surface area contributed by atoms with Gasteiger partial charge in [0.2, 0.25) is 5.88 Å². The predicted molar refractivity (Wildman–Crippen MR) is 109 cm³/mol. The molecule has 0 aliphatic heterocycles. The first-order chi connectivity index (χ1) is 14.7. The van der Waals surface area contributed by atoms with Crippen LogP contribution in [0.15, 0.2) is 65.6 Å². The summed E-state index contributed by atoms with van der Waals surface area (Å²) >= 11 is 0. The molecular formula is C21H17F3N4O3. The molecular weight excluding hydrogens is 413 g/mol. The molecule has 2 aromatic heterocycles. The highest BCUT2D eigenvalue weighted by molar-refractivity contribution is 5.84. The van der Waals surface area contributed by atoms with Crippen LogP contribution in [0.3, 0.4) is 0 Å². The molecule has 160 valence electrons. The second-order valence-electron chi connectivity index (χ2n) is 6.71. The van der Waals surface area contributed by atoms with Crippen LogP contribution in [0.4, 0.5) is 19.0 Å². The van der Waals surface area contributed by atoms with Crippen LogP contribution in [0.1, 0.15) is 5.56 Å². The minimum atomic E-state index is -4.82. The number of ether oxygens (including phenoxy) is 1. The molecule has 0 atom stereocenters. The minimum absolute atomic E-state index is 0.159. The van der Waals surface area contributed by atoms with Crippen molar-refractivity contribution in [3.63, 3.8) is 0 Å². The standard InChI is InChI=1S/C21H17F3N4O3/c1-25-18-10-13(16-4-2-3-5-17(16)26-18)11-27-12-19(29)28(20(27)30)14-6-8-15(9-7-14)31-21(22,23)24/h2-10,12,29H,11H2,1H3,(H,25,26). The number of para-hydroxylation sites is 1. The zero-order valence-corrected chi connectivity index (χ0v) is 16.2. The Labute approximate surface area is 174 Å².